The van der Waals surface area contributed by atoms with Gasteiger partial charge in [-0.25, -0.2) is 9.78 Å². The molecule has 7 nitrogen and oxygen atoms in total. The Morgan fingerprint density at radius 3 is 2.80 bits per heavy atom. The van der Waals surface area contributed by atoms with Crippen LogP contribution in [0.15, 0.2) is 18.7 Å². The molecule has 0 bridgehead atoms. The summed E-state index contributed by atoms with van der Waals surface area (Å²) in [5, 5.41) is 11.6. The summed E-state index contributed by atoms with van der Waals surface area (Å²) in [4.78, 5) is 28.1. The molecule has 0 spiro atoms. The molecule has 1 rings (SSSR count). The van der Waals surface area contributed by atoms with Gasteiger partial charge in [-0.2, -0.15) is 0 Å². The van der Waals surface area contributed by atoms with Crippen molar-refractivity contribution in [3.8, 4) is 0 Å². The number of hydrogen-bond acceptors (Lipinski definition) is 3. The van der Waals surface area contributed by atoms with Crippen LogP contribution in [0.2, 0.25) is 0 Å². The van der Waals surface area contributed by atoms with Gasteiger partial charge in [0.15, 0.2) is 0 Å². The fourth-order valence-corrected chi connectivity index (χ4v) is 2.00. The lowest BCUT2D eigenvalue weighted by Gasteiger charge is -2.27. The van der Waals surface area contributed by atoms with Crippen molar-refractivity contribution < 1.29 is 14.7 Å². The quantitative estimate of drug-likeness (QED) is 0.701. The van der Waals surface area contributed by atoms with E-state index >= 15 is 0 Å². The summed E-state index contributed by atoms with van der Waals surface area (Å²) >= 11 is 0. The molecule has 0 aliphatic heterocycles. The molecule has 2 N–H and O–H groups in total. The molecular weight excluding hydrogens is 260 g/mol. The van der Waals surface area contributed by atoms with Gasteiger partial charge in [-0.3, -0.25) is 4.79 Å². The van der Waals surface area contributed by atoms with E-state index in [0.717, 1.165) is 13.0 Å². The molecule has 0 fully saturated rings. The zero-order valence-corrected chi connectivity index (χ0v) is 12.0. The van der Waals surface area contributed by atoms with Crippen LogP contribution >= 0.6 is 0 Å². The van der Waals surface area contributed by atoms with Gasteiger partial charge in [0, 0.05) is 38.1 Å². The van der Waals surface area contributed by atoms with E-state index in [4.69, 9.17) is 5.11 Å². The summed E-state index contributed by atoms with van der Waals surface area (Å²) in [6.45, 7) is 5.40. The third-order valence-corrected chi connectivity index (χ3v) is 3.03. The molecule has 0 aromatic carbocycles. The van der Waals surface area contributed by atoms with Crippen LogP contribution in [0.5, 0.6) is 0 Å². The van der Waals surface area contributed by atoms with Gasteiger partial charge in [-0.15, -0.1) is 0 Å². The van der Waals surface area contributed by atoms with Crippen molar-refractivity contribution in [2.75, 3.05) is 13.1 Å². The number of amides is 2. The van der Waals surface area contributed by atoms with Crippen molar-refractivity contribution in [2.24, 2.45) is 0 Å². The standard InChI is InChI=1S/C13H22N4O3/c1-3-17(11(2)9-12(18)19)13(20)15-5-4-7-16-8-6-14-10-16/h6,8,10-11H,3-5,7,9H2,1-2H3,(H,15,20)(H,18,19). The first kappa shape index (κ1) is 16.0. The molecule has 0 radical (unpaired) electrons. The number of carbonyl (C=O) groups is 2. The van der Waals surface area contributed by atoms with E-state index in [1.807, 2.05) is 17.7 Å². The fraction of sp³-hybridized carbons (Fsp3) is 0.615. The highest BCUT2D eigenvalue weighted by molar-refractivity contribution is 5.75. The molecule has 1 atom stereocenters. The van der Waals surface area contributed by atoms with Gasteiger partial charge in [0.2, 0.25) is 0 Å². The first-order chi connectivity index (χ1) is 9.54. The van der Waals surface area contributed by atoms with Crippen LogP contribution in [0.25, 0.3) is 0 Å². The number of carboxylic acid groups (broad SMARTS) is 1. The maximum absolute atomic E-state index is 12.0. The second-order valence-electron chi connectivity index (χ2n) is 4.62. The Hall–Kier alpha value is -2.05. The van der Waals surface area contributed by atoms with Gasteiger partial charge in [0.05, 0.1) is 12.7 Å². The molecule has 1 aromatic rings. The number of carboxylic acids is 1. The predicted molar refractivity (Wildman–Crippen MR) is 74.3 cm³/mol. The van der Waals surface area contributed by atoms with Crippen LogP contribution in [0, 0.1) is 0 Å². The largest absolute Gasteiger partial charge is 0.481 e. The molecule has 7 heteroatoms. The lowest BCUT2D eigenvalue weighted by Crippen LogP contribution is -2.46. The van der Waals surface area contributed by atoms with E-state index in [2.05, 4.69) is 10.3 Å². The Balaban J connectivity index is 2.30. The zero-order chi connectivity index (χ0) is 15.0. The SMILES string of the molecule is CCN(C(=O)NCCCn1ccnc1)C(C)CC(=O)O. The molecule has 0 aliphatic carbocycles. The molecule has 112 valence electrons. The molecule has 1 aromatic heterocycles. The predicted octanol–water partition coefficient (Wildman–Crippen LogP) is 1.17. The Morgan fingerprint density at radius 2 is 2.25 bits per heavy atom. The fourth-order valence-electron chi connectivity index (χ4n) is 2.00. The maximum Gasteiger partial charge on any atom is 0.317 e. The topological polar surface area (TPSA) is 87.5 Å². The van der Waals surface area contributed by atoms with Crippen LogP contribution in [0.1, 0.15) is 26.7 Å². The Morgan fingerprint density at radius 1 is 1.50 bits per heavy atom. The summed E-state index contributed by atoms with van der Waals surface area (Å²) in [7, 11) is 0. The minimum atomic E-state index is -0.899. The number of aromatic nitrogens is 2. The number of nitrogens with zero attached hydrogens (tertiary/aromatic N) is 3. The summed E-state index contributed by atoms with van der Waals surface area (Å²) in [5.41, 5.74) is 0. The third-order valence-electron chi connectivity index (χ3n) is 3.03. The van der Waals surface area contributed by atoms with Gasteiger partial charge < -0.3 is 19.9 Å². The van der Waals surface area contributed by atoms with Crippen LogP contribution in [-0.4, -0.2) is 50.7 Å². The van der Waals surface area contributed by atoms with Crippen molar-refractivity contribution in [3.05, 3.63) is 18.7 Å². The van der Waals surface area contributed by atoms with Gasteiger partial charge in [0.1, 0.15) is 0 Å². The first-order valence-corrected chi connectivity index (χ1v) is 6.76. The average molecular weight is 282 g/mol. The molecule has 0 aliphatic rings. The van der Waals surface area contributed by atoms with Crippen molar-refractivity contribution in [3.63, 3.8) is 0 Å². The minimum Gasteiger partial charge on any atom is -0.481 e. The molecule has 0 saturated carbocycles. The van der Waals surface area contributed by atoms with E-state index < -0.39 is 5.97 Å². The molecular formula is C13H22N4O3. The maximum atomic E-state index is 12.0. The van der Waals surface area contributed by atoms with E-state index in [-0.39, 0.29) is 18.5 Å². The van der Waals surface area contributed by atoms with Gasteiger partial charge in [-0.1, -0.05) is 0 Å². The van der Waals surface area contributed by atoms with Crippen LogP contribution in [-0.2, 0) is 11.3 Å². The smallest absolute Gasteiger partial charge is 0.317 e. The van der Waals surface area contributed by atoms with Crippen LogP contribution < -0.4 is 5.32 Å². The second-order valence-corrected chi connectivity index (χ2v) is 4.62. The Kier molecular flexibility index (Phi) is 6.55. The zero-order valence-electron chi connectivity index (χ0n) is 12.0. The van der Waals surface area contributed by atoms with E-state index in [1.165, 1.54) is 4.90 Å². The summed E-state index contributed by atoms with van der Waals surface area (Å²) in [6, 6.07) is -0.530. The Bertz CT molecular complexity index is 419. The van der Waals surface area contributed by atoms with Crippen LogP contribution in [0.3, 0.4) is 0 Å². The van der Waals surface area contributed by atoms with Gasteiger partial charge in [0.25, 0.3) is 0 Å². The van der Waals surface area contributed by atoms with Crippen molar-refractivity contribution in [1.29, 1.82) is 0 Å². The number of urea groups is 1. The Labute approximate surface area is 118 Å². The molecule has 0 saturated heterocycles. The van der Waals surface area contributed by atoms with Crippen molar-refractivity contribution >= 4 is 12.0 Å². The third kappa shape index (κ3) is 5.29. The van der Waals surface area contributed by atoms with E-state index in [0.29, 0.717) is 13.1 Å². The summed E-state index contributed by atoms with van der Waals surface area (Å²) < 4.78 is 1.94. The van der Waals surface area contributed by atoms with Crippen LogP contribution in [0.4, 0.5) is 4.79 Å². The highest BCUT2D eigenvalue weighted by atomic mass is 16.4. The van der Waals surface area contributed by atoms with Gasteiger partial charge >= 0.3 is 12.0 Å². The molecule has 1 unspecified atom stereocenters. The number of hydrogen-bond donors (Lipinski definition) is 2. The number of rotatable bonds is 8. The second kappa shape index (κ2) is 8.19. The highest BCUT2D eigenvalue weighted by Gasteiger charge is 2.20. The molecule has 20 heavy (non-hydrogen) atoms. The van der Waals surface area contributed by atoms with Crippen molar-refractivity contribution in [1.82, 2.24) is 19.8 Å². The minimum absolute atomic E-state index is 0.0453. The van der Waals surface area contributed by atoms with E-state index in [1.54, 1.807) is 19.4 Å². The molecule has 2 amide bonds. The summed E-state index contributed by atoms with van der Waals surface area (Å²) in [5.74, 6) is -0.899. The number of carbonyl (C=O) groups excluding carboxylic acids is 1. The highest BCUT2D eigenvalue weighted by Crippen LogP contribution is 2.04. The van der Waals surface area contributed by atoms with Gasteiger partial charge in [-0.05, 0) is 20.3 Å². The lowest BCUT2D eigenvalue weighted by molar-refractivity contribution is -0.138. The van der Waals surface area contributed by atoms with E-state index in [9.17, 15) is 9.59 Å². The average Bonchev–Trinajstić information content (AvgIpc) is 2.87. The molecule has 1 heterocycles. The number of aryl methyl sites for hydroxylation is 1. The lowest BCUT2D eigenvalue weighted by atomic mass is 10.2. The number of nitrogens with one attached hydrogen (secondary N) is 1. The number of imidazole rings is 1. The van der Waals surface area contributed by atoms with Crippen molar-refractivity contribution in [2.45, 2.75) is 39.3 Å². The number of aliphatic carboxylic acids is 1. The monoisotopic (exact) mass is 282 g/mol. The first-order valence-electron chi connectivity index (χ1n) is 6.76. The summed E-state index contributed by atoms with van der Waals surface area (Å²) in [6.07, 6.45) is 6.07. The normalized spacial score (nSPS) is 11.9.